The van der Waals surface area contributed by atoms with E-state index in [-0.39, 0.29) is 12.4 Å². The first kappa shape index (κ1) is 18.7. The van der Waals surface area contributed by atoms with E-state index < -0.39 is 17.4 Å². The third-order valence-corrected chi connectivity index (χ3v) is 4.49. The Balaban J connectivity index is 2.30. The number of allylic oxidation sites excluding steroid dienone is 1. The van der Waals surface area contributed by atoms with Gasteiger partial charge in [-0.3, -0.25) is 9.59 Å². The van der Waals surface area contributed by atoms with E-state index in [4.69, 9.17) is 4.74 Å². The van der Waals surface area contributed by atoms with Crippen LogP contribution in [0.4, 0.5) is 10.5 Å². The van der Waals surface area contributed by atoms with Crippen LogP contribution < -0.4 is 4.90 Å². The Morgan fingerprint density at radius 2 is 2.12 bits per heavy atom. The van der Waals surface area contributed by atoms with Gasteiger partial charge in [-0.2, -0.15) is 0 Å². The molecule has 1 N–H and O–H groups in total. The Kier molecular flexibility index (Phi) is 5.96. The monoisotopic (exact) mass is 345 g/mol. The molecule has 0 saturated carbocycles. The number of nitrogens with zero attached hydrogens (tertiary/aromatic N) is 1. The Morgan fingerprint density at radius 1 is 1.40 bits per heavy atom. The lowest BCUT2D eigenvalue weighted by atomic mass is 9.71. The van der Waals surface area contributed by atoms with E-state index in [9.17, 15) is 19.5 Å². The van der Waals surface area contributed by atoms with E-state index >= 15 is 0 Å². The highest BCUT2D eigenvalue weighted by molar-refractivity contribution is 6.15. The molecule has 0 radical (unpaired) electrons. The molecule has 1 atom stereocenters. The van der Waals surface area contributed by atoms with Gasteiger partial charge < -0.3 is 9.84 Å². The highest BCUT2D eigenvalue weighted by atomic mass is 16.5. The fourth-order valence-corrected chi connectivity index (χ4v) is 3.39. The smallest absolute Gasteiger partial charge is 0.418 e. The zero-order valence-corrected chi connectivity index (χ0v) is 14.4. The van der Waals surface area contributed by atoms with Gasteiger partial charge in [-0.25, -0.2) is 9.69 Å². The Morgan fingerprint density at radius 3 is 2.76 bits per heavy atom. The maximum Gasteiger partial charge on any atom is 0.418 e. The van der Waals surface area contributed by atoms with Crippen molar-refractivity contribution in [1.29, 1.82) is 0 Å². The van der Waals surface area contributed by atoms with Gasteiger partial charge in [0.2, 0.25) is 5.91 Å². The molecule has 0 aromatic heterocycles. The highest BCUT2D eigenvalue weighted by Gasteiger charge is 2.47. The maximum atomic E-state index is 13.0. The van der Waals surface area contributed by atoms with Crippen LogP contribution in [-0.2, 0) is 20.7 Å². The van der Waals surface area contributed by atoms with Crippen LogP contribution in [0.2, 0.25) is 0 Å². The fraction of sp³-hybridized carbons (Fsp3) is 0.421. The van der Waals surface area contributed by atoms with Crippen molar-refractivity contribution in [2.45, 2.75) is 39.0 Å². The molecule has 0 spiro atoms. The van der Waals surface area contributed by atoms with Crippen molar-refractivity contribution in [3.63, 3.8) is 0 Å². The topological polar surface area (TPSA) is 83.9 Å². The van der Waals surface area contributed by atoms with E-state index in [0.29, 0.717) is 38.0 Å². The molecule has 1 aliphatic heterocycles. The Hall–Kier alpha value is -2.63. The number of fused-ring (bicyclic) bond motifs is 1. The summed E-state index contributed by atoms with van der Waals surface area (Å²) in [5, 5.41) is 9.54. The summed E-state index contributed by atoms with van der Waals surface area (Å²) in [5.41, 5.74) is 0.314. The third-order valence-electron chi connectivity index (χ3n) is 4.49. The van der Waals surface area contributed by atoms with Crippen molar-refractivity contribution in [1.82, 2.24) is 0 Å². The number of carboxylic acid groups (broad SMARTS) is 1. The molecule has 1 aromatic carbocycles. The number of amides is 2. The Bertz CT molecular complexity index is 684. The van der Waals surface area contributed by atoms with Crippen molar-refractivity contribution < 1.29 is 24.2 Å². The average molecular weight is 345 g/mol. The number of imide groups is 1. The molecule has 6 nitrogen and oxygen atoms in total. The number of ether oxygens (including phenoxy) is 1. The number of carbonyl (C=O) groups is 3. The van der Waals surface area contributed by atoms with Gasteiger partial charge in [0.05, 0.1) is 17.7 Å². The summed E-state index contributed by atoms with van der Waals surface area (Å²) in [6.07, 6.45) is 2.18. The number of hydrogen-bond acceptors (Lipinski definition) is 4. The summed E-state index contributed by atoms with van der Waals surface area (Å²) in [6, 6.07) is 7.01. The second kappa shape index (κ2) is 7.96. The zero-order valence-electron chi connectivity index (χ0n) is 14.4. The van der Waals surface area contributed by atoms with Gasteiger partial charge in [-0.1, -0.05) is 24.3 Å². The minimum atomic E-state index is -1.30. The first-order chi connectivity index (χ1) is 11.9. The van der Waals surface area contributed by atoms with Crippen molar-refractivity contribution in [3.8, 4) is 0 Å². The summed E-state index contributed by atoms with van der Waals surface area (Å²) < 4.78 is 4.92. The first-order valence-electron chi connectivity index (χ1n) is 8.37. The van der Waals surface area contributed by atoms with Gasteiger partial charge in [-0.15, -0.1) is 6.58 Å². The quantitative estimate of drug-likeness (QED) is 0.603. The van der Waals surface area contributed by atoms with Crippen LogP contribution in [0.1, 0.15) is 38.2 Å². The molecule has 1 unspecified atom stereocenters. The molecule has 1 aliphatic rings. The number of benzene rings is 1. The number of para-hydroxylation sites is 1. The third kappa shape index (κ3) is 3.90. The van der Waals surface area contributed by atoms with Crippen LogP contribution >= 0.6 is 0 Å². The van der Waals surface area contributed by atoms with E-state index in [1.165, 1.54) is 0 Å². The van der Waals surface area contributed by atoms with Crippen LogP contribution in [0.15, 0.2) is 36.9 Å². The van der Waals surface area contributed by atoms with E-state index in [1.807, 2.05) is 12.1 Å². The van der Waals surface area contributed by atoms with E-state index in [2.05, 4.69) is 6.58 Å². The zero-order chi connectivity index (χ0) is 18.4. The molecule has 134 valence electrons. The lowest BCUT2D eigenvalue weighted by molar-refractivity contribution is -0.143. The predicted octanol–water partition coefficient (Wildman–Crippen LogP) is 3.55. The average Bonchev–Trinajstić information content (AvgIpc) is 2.56. The number of rotatable bonds is 7. The first-order valence-corrected chi connectivity index (χ1v) is 8.37. The van der Waals surface area contributed by atoms with Crippen LogP contribution in [0.5, 0.6) is 0 Å². The van der Waals surface area contributed by atoms with Crippen LogP contribution in [0, 0.1) is 5.41 Å². The van der Waals surface area contributed by atoms with Crippen LogP contribution in [-0.4, -0.2) is 29.7 Å². The van der Waals surface area contributed by atoms with Crippen molar-refractivity contribution >= 4 is 23.7 Å². The summed E-state index contributed by atoms with van der Waals surface area (Å²) >= 11 is 0. The summed E-state index contributed by atoms with van der Waals surface area (Å²) in [6.45, 7) is 5.78. The summed E-state index contributed by atoms with van der Waals surface area (Å²) in [4.78, 5) is 37.1. The largest absolute Gasteiger partial charge is 0.466 e. The molecule has 2 amide bonds. The van der Waals surface area contributed by atoms with Crippen molar-refractivity contribution in [2.75, 3.05) is 11.5 Å². The lowest BCUT2D eigenvalue weighted by Crippen LogP contribution is -2.51. The number of hydrogen-bond donors (Lipinski definition) is 1. The minimum absolute atomic E-state index is 0.203. The molecule has 0 saturated heterocycles. The molecule has 1 aromatic rings. The number of anilines is 1. The molecule has 1 heterocycles. The second-order valence-electron chi connectivity index (χ2n) is 6.16. The molecular weight excluding hydrogens is 322 g/mol. The molecule has 0 bridgehead atoms. The predicted molar refractivity (Wildman–Crippen MR) is 93.4 cm³/mol. The van der Waals surface area contributed by atoms with Gasteiger partial charge >= 0.3 is 12.1 Å². The van der Waals surface area contributed by atoms with Crippen molar-refractivity contribution in [2.24, 2.45) is 5.41 Å². The fourth-order valence-electron chi connectivity index (χ4n) is 3.39. The highest BCUT2D eigenvalue weighted by Crippen LogP contribution is 2.43. The normalized spacial score (nSPS) is 19.2. The van der Waals surface area contributed by atoms with E-state index in [1.54, 1.807) is 25.1 Å². The number of carbonyl (C=O) groups excluding carboxylic acids is 2. The molecule has 6 heteroatoms. The SMILES string of the molecule is C=CCC1(CCCC(=O)OCC)Cc2ccccc2N(C(=O)O)C1=O. The number of esters is 1. The van der Waals surface area contributed by atoms with Gasteiger partial charge in [0.15, 0.2) is 0 Å². The molecule has 25 heavy (non-hydrogen) atoms. The van der Waals surface area contributed by atoms with Crippen molar-refractivity contribution in [3.05, 3.63) is 42.5 Å². The van der Waals surface area contributed by atoms with Gasteiger partial charge in [0.1, 0.15) is 0 Å². The maximum absolute atomic E-state index is 13.0. The van der Waals surface area contributed by atoms with Crippen LogP contribution in [0.3, 0.4) is 0 Å². The second-order valence-corrected chi connectivity index (χ2v) is 6.16. The lowest BCUT2D eigenvalue weighted by Gasteiger charge is -2.40. The molecule has 0 fully saturated rings. The van der Waals surface area contributed by atoms with Crippen LogP contribution in [0.25, 0.3) is 0 Å². The summed E-state index contributed by atoms with van der Waals surface area (Å²) in [7, 11) is 0. The molecule has 2 rings (SSSR count). The molecular formula is C19H23NO5. The minimum Gasteiger partial charge on any atom is -0.466 e. The van der Waals surface area contributed by atoms with Gasteiger partial charge in [0, 0.05) is 6.42 Å². The Labute approximate surface area is 147 Å². The van der Waals surface area contributed by atoms with Gasteiger partial charge in [-0.05, 0) is 44.2 Å². The summed E-state index contributed by atoms with van der Waals surface area (Å²) in [5.74, 6) is -0.766. The van der Waals surface area contributed by atoms with Gasteiger partial charge in [0.25, 0.3) is 0 Å². The van der Waals surface area contributed by atoms with E-state index in [0.717, 1.165) is 10.5 Å². The molecule has 0 aliphatic carbocycles. The standard InChI is InChI=1S/C19H23NO5/c1-3-11-19(12-7-10-16(21)25-4-2)13-14-8-5-6-9-15(14)20(17(19)22)18(23)24/h3,5-6,8-9H,1,4,7,10-13H2,2H3,(H,23,24).